The molecule has 0 saturated carbocycles. The summed E-state index contributed by atoms with van der Waals surface area (Å²) in [4.78, 5) is 26.7. The number of aromatic carboxylic acids is 1. The molecule has 0 radical (unpaired) electrons. The van der Waals surface area contributed by atoms with Crippen LogP contribution in [0.3, 0.4) is 0 Å². The summed E-state index contributed by atoms with van der Waals surface area (Å²) >= 11 is 0. The van der Waals surface area contributed by atoms with Crippen LogP contribution >= 0.6 is 0 Å². The topological polar surface area (TPSA) is 112 Å². The van der Waals surface area contributed by atoms with Crippen molar-refractivity contribution in [3.8, 4) is 34.0 Å². The van der Waals surface area contributed by atoms with Crippen molar-refractivity contribution in [2.45, 2.75) is 25.3 Å². The Morgan fingerprint density at radius 2 is 1.69 bits per heavy atom. The summed E-state index contributed by atoms with van der Waals surface area (Å²) in [5.74, 6) is 1.06. The van der Waals surface area contributed by atoms with Gasteiger partial charge in [0.25, 0.3) is 0 Å². The number of aromatic amines is 1. The van der Waals surface area contributed by atoms with E-state index in [1.165, 1.54) is 5.56 Å². The van der Waals surface area contributed by atoms with Crippen LogP contribution in [0.1, 0.15) is 40.5 Å². The molecule has 0 spiro atoms. The normalized spacial score (nSPS) is 14.4. The molecule has 6 aromatic rings. The minimum Gasteiger partial charge on any atom is -0.478 e. The summed E-state index contributed by atoms with van der Waals surface area (Å²) in [6.45, 7) is 2.85. The fourth-order valence-electron chi connectivity index (χ4n) is 5.72. The van der Waals surface area contributed by atoms with Crippen molar-refractivity contribution in [1.29, 1.82) is 0 Å². The van der Waals surface area contributed by atoms with Crippen LogP contribution in [0.2, 0.25) is 0 Å². The van der Waals surface area contributed by atoms with Gasteiger partial charge in [-0.05, 0) is 55.8 Å². The van der Waals surface area contributed by atoms with Crippen molar-refractivity contribution >= 4 is 11.6 Å². The van der Waals surface area contributed by atoms with Crippen LogP contribution < -0.4 is 0 Å². The minimum absolute atomic E-state index is 0.217. The average molecular weight is 556 g/mol. The first-order valence-corrected chi connectivity index (χ1v) is 14.1. The number of nitrogens with one attached hydrogen (secondary N) is 1. The monoisotopic (exact) mass is 555 g/mol. The number of likely N-dealkylation sites (tertiary alicyclic amines) is 1. The van der Waals surface area contributed by atoms with Crippen molar-refractivity contribution in [1.82, 2.24) is 34.4 Å². The molecule has 4 aromatic heterocycles. The largest absolute Gasteiger partial charge is 0.478 e. The number of pyridine rings is 2. The number of H-pyrrole nitrogens is 1. The molecule has 0 amide bonds. The molecule has 2 N–H and O–H groups in total. The molecule has 0 unspecified atom stereocenters. The Morgan fingerprint density at radius 3 is 2.43 bits per heavy atom. The number of hydrogen-bond acceptors (Lipinski definition) is 6. The number of rotatable bonds is 7. The summed E-state index contributed by atoms with van der Waals surface area (Å²) in [6.07, 6.45) is 5.59. The Hall–Kier alpha value is -5.15. The predicted octanol–water partition coefficient (Wildman–Crippen LogP) is 5.93. The van der Waals surface area contributed by atoms with Crippen molar-refractivity contribution < 1.29 is 9.90 Å². The number of carboxylic acid groups (broad SMARTS) is 1. The zero-order valence-electron chi connectivity index (χ0n) is 22.9. The second-order valence-electron chi connectivity index (χ2n) is 10.6. The maximum absolute atomic E-state index is 11.6. The maximum Gasteiger partial charge on any atom is 0.335 e. The van der Waals surface area contributed by atoms with Gasteiger partial charge in [-0.1, -0.05) is 60.7 Å². The van der Waals surface area contributed by atoms with Gasteiger partial charge >= 0.3 is 5.97 Å². The van der Waals surface area contributed by atoms with E-state index < -0.39 is 5.97 Å². The molecule has 1 saturated heterocycles. The molecule has 208 valence electrons. The van der Waals surface area contributed by atoms with Gasteiger partial charge in [0.1, 0.15) is 17.2 Å². The van der Waals surface area contributed by atoms with Gasteiger partial charge in [-0.3, -0.25) is 14.3 Å². The number of imidazole rings is 1. The summed E-state index contributed by atoms with van der Waals surface area (Å²) in [6, 6.07) is 27.6. The Morgan fingerprint density at radius 1 is 0.905 bits per heavy atom. The fraction of sp³-hybridized carbons (Fsp3) is 0.182. The van der Waals surface area contributed by atoms with Gasteiger partial charge in [-0.15, -0.1) is 10.2 Å². The third-order valence-electron chi connectivity index (χ3n) is 7.94. The highest BCUT2D eigenvalue weighted by Crippen LogP contribution is 2.34. The molecule has 42 heavy (non-hydrogen) atoms. The zero-order valence-corrected chi connectivity index (χ0v) is 22.9. The molecule has 5 heterocycles. The lowest BCUT2D eigenvalue weighted by atomic mass is 9.95. The average Bonchev–Trinajstić information content (AvgIpc) is 3.68. The van der Waals surface area contributed by atoms with E-state index in [4.69, 9.17) is 4.98 Å². The number of fused-ring (bicyclic) bond motifs is 1. The van der Waals surface area contributed by atoms with Crippen LogP contribution in [0.4, 0.5) is 0 Å². The highest BCUT2D eigenvalue weighted by molar-refractivity contribution is 5.90. The highest BCUT2D eigenvalue weighted by atomic mass is 16.4. The van der Waals surface area contributed by atoms with Crippen LogP contribution in [0, 0.1) is 0 Å². The predicted molar refractivity (Wildman–Crippen MR) is 160 cm³/mol. The zero-order chi connectivity index (χ0) is 28.5. The lowest BCUT2D eigenvalue weighted by molar-refractivity contribution is 0.0697. The second kappa shape index (κ2) is 11.0. The Labute approximate surface area is 242 Å². The third-order valence-corrected chi connectivity index (χ3v) is 7.94. The second-order valence-corrected chi connectivity index (χ2v) is 10.6. The van der Waals surface area contributed by atoms with Gasteiger partial charge in [0.15, 0.2) is 5.82 Å². The fourth-order valence-corrected chi connectivity index (χ4v) is 5.72. The molecule has 0 aliphatic carbocycles. The quantitative estimate of drug-likeness (QED) is 0.251. The molecule has 9 heteroatoms. The SMILES string of the molecule is O=C(O)c1ccn2c(-c3ccccc3)c(-c3ccc(CN4CCC(c5nnc(-c6ccccn6)[nH]5)CC4)cc3)nc2c1. The minimum atomic E-state index is -0.966. The first-order chi connectivity index (χ1) is 20.6. The van der Waals surface area contributed by atoms with Crippen molar-refractivity contribution in [2.75, 3.05) is 13.1 Å². The van der Waals surface area contributed by atoms with Crippen molar-refractivity contribution in [2.24, 2.45) is 0 Å². The summed E-state index contributed by atoms with van der Waals surface area (Å²) in [7, 11) is 0. The molecule has 0 bridgehead atoms. The molecule has 7 rings (SSSR count). The molecule has 9 nitrogen and oxygen atoms in total. The third kappa shape index (κ3) is 5.06. The van der Waals surface area contributed by atoms with E-state index in [9.17, 15) is 9.90 Å². The molecule has 1 fully saturated rings. The number of carbonyl (C=O) groups is 1. The van der Waals surface area contributed by atoms with E-state index in [1.807, 2.05) is 52.9 Å². The Balaban J connectivity index is 1.06. The Kier molecular flexibility index (Phi) is 6.77. The van der Waals surface area contributed by atoms with Crippen molar-refractivity contribution in [3.63, 3.8) is 0 Å². The maximum atomic E-state index is 11.6. The smallest absolute Gasteiger partial charge is 0.335 e. The van der Waals surface area contributed by atoms with Gasteiger partial charge in [0.2, 0.25) is 0 Å². The van der Waals surface area contributed by atoms with Crippen LogP contribution in [0.5, 0.6) is 0 Å². The number of carboxylic acids is 1. The van der Waals surface area contributed by atoms with Gasteiger partial charge in [0, 0.05) is 36.0 Å². The van der Waals surface area contributed by atoms with Crippen LogP contribution in [0.15, 0.2) is 97.3 Å². The van der Waals surface area contributed by atoms with Gasteiger partial charge in [0.05, 0.1) is 17.0 Å². The van der Waals surface area contributed by atoms with E-state index in [1.54, 1.807) is 24.5 Å². The molecular formula is C33H29N7O2. The molecule has 2 aromatic carbocycles. The number of nitrogens with zero attached hydrogens (tertiary/aromatic N) is 6. The summed E-state index contributed by atoms with van der Waals surface area (Å²) < 4.78 is 1.96. The molecule has 0 atom stereocenters. The highest BCUT2D eigenvalue weighted by Gasteiger charge is 2.24. The van der Waals surface area contributed by atoms with E-state index in [-0.39, 0.29) is 5.56 Å². The first kappa shape index (κ1) is 25.8. The molecule has 1 aliphatic rings. The van der Waals surface area contributed by atoms with Crippen LogP contribution in [-0.4, -0.2) is 58.6 Å². The van der Waals surface area contributed by atoms with Crippen LogP contribution in [-0.2, 0) is 6.54 Å². The lowest BCUT2D eigenvalue weighted by Crippen LogP contribution is -2.32. The summed E-state index contributed by atoms with van der Waals surface area (Å²) in [5.41, 5.74) is 6.66. The first-order valence-electron chi connectivity index (χ1n) is 14.1. The van der Waals surface area contributed by atoms with Gasteiger partial charge < -0.3 is 10.1 Å². The van der Waals surface area contributed by atoms with Gasteiger partial charge in [-0.25, -0.2) is 9.78 Å². The van der Waals surface area contributed by atoms with E-state index in [0.29, 0.717) is 11.6 Å². The number of aromatic nitrogens is 6. The van der Waals surface area contributed by atoms with Crippen molar-refractivity contribution in [3.05, 3.63) is 114 Å². The number of piperidine rings is 1. The van der Waals surface area contributed by atoms with E-state index >= 15 is 0 Å². The summed E-state index contributed by atoms with van der Waals surface area (Å²) in [5, 5.41) is 18.2. The standard InChI is InChI=1S/C33H29N7O2/c41-33(42)26-15-19-40-28(20-26)35-29(30(40)24-6-2-1-3-7-24)23-11-9-22(10-12-23)21-39-17-13-25(14-18-39)31-36-32(38-37-31)27-8-4-5-16-34-27/h1-12,15-16,19-20,25H,13-14,17-18,21H2,(H,41,42)(H,36,37,38). The number of hydrogen-bond donors (Lipinski definition) is 2. The number of benzene rings is 2. The lowest BCUT2D eigenvalue weighted by Gasteiger charge is -2.30. The van der Waals surface area contributed by atoms with Gasteiger partial charge in [-0.2, -0.15) is 0 Å². The Bertz CT molecular complexity index is 1840. The molecular weight excluding hydrogens is 526 g/mol. The van der Waals surface area contributed by atoms with E-state index in [2.05, 4.69) is 49.3 Å². The van der Waals surface area contributed by atoms with Crippen LogP contribution in [0.25, 0.3) is 39.7 Å². The van der Waals surface area contributed by atoms with E-state index in [0.717, 1.165) is 72.3 Å². The molecule has 1 aliphatic heterocycles.